The van der Waals surface area contributed by atoms with Gasteiger partial charge >= 0.3 is 12.1 Å². The Morgan fingerprint density at radius 3 is 2.70 bits per heavy atom. The van der Waals surface area contributed by atoms with Gasteiger partial charge in [0.2, 0.25) is 5.91 Å². The Bertz CT molecular complexity index is 1040. The molecule has 178 valence electrons. The van der Waals surface area contributed by atoms with Crippen LogP contribution in [0.4, 0.5) is 13.2 Å². The van der Waals surface area contributed by atoms with E-state index in [1.54, 1.807) is 11.8 Å². The number of amides is 1. The SMILES string of the molecule is C=CC(=O)N1CCN(CC(Oc2cnc(C(=O)O)c(C)c2)c2nc(C(F)(F)F)cs2)C[C@H]1C. The summed E-state index contributed by atoms with van der Waals surface area (Å²) in [6.07, 6.45) is -2.95. The molecule has 2 aromatic heterocycles. The molecule has 1 amide bonds. The fourth-order valence-electron chi connectivity index (χ4n) is 3.61. The number of aryl methyl sites for hydroxylation is 1. The fourth-order valence-corrected chi connectivity index (χ4v) is 4.46. The van der Waals surface area contributed by atoms with E-state index in [0.717, 1.165) is 16.7 Å². The van der Waals surface area contributed by atoms with Gasteiger partial charge in [-0.15, -0.1) is 11.3 Å². The molecule has 8 nitrogen and oxygen atoms in total. The molecule has 1 saturated heterocycles. The molecule has 1 unspecified atom stereocenters. The standard InChI is InChI=1S/C21H23F3N4O4S/c1-4-17(29)28-6-5-27(9-13(28)3)10-15(19-26-16(11-33-19)21(22,23)24)32-14-7-12(2)18(20(30)31)25-8-14/h4,7-8,11,13,15H,1,5-6,9-10H2,2-3H3,(H,30,31)/t13-,15?/m1/s1. The van der Waals surface area contributed by atoms with Crippen LogP contribution in [0.3, 0.4) is 0 Å². The van der Waals surface area contributed by atoms with Gasteiger partial charge in [-0.3, -0.25) is 9.69 Å². The summed E-state index contributed by atoms with van der Waals surface area (Å²) in [4.78, 5) is 34.5. The molecule has 1 N–H and O–H groups in total. The van der Waals surface area contributed by atoms with Crippen molar-refractivity contribution < 1.29 is 32.6 Å². The molecule has 3 rings (SSSR count). The maximum absolute atomic E-state index is 13.1. The predicted molar refractivity (Wildman–Crippen MR) is 114 cm³/mol. The number of carboxylic acids is 1. The van der Waals surface area contributed by atoms with Gasteiger partial charge in [-0.2, -0.15) is 13.2 Å². The smallest absolute Gasteiger partial charge is 0.434 e. The van der Waals surface area contributed by atoms with Crippen molar-refractivity contribution in [2.45, 2.75) is 32.2 Å². The van der Waals surface area contributed by atoms with Crippen molar-refractivity contribution in [3.63, 3.8) is 0 Å². The van der Waals surface area contributed by atoms with Crippen LogP contribution in [0.5, 0.6) is 5.75 Å². The van der Waals surface area contributed by atoms with E-state index in [2.05, 4.69) is 16.5 Å². The highest BCUT2D eigenvalue weighted by Gasteiger charge is 2.36. The first kappa shape index (κ1) is 24.6. The van der Waals surface area contributed by atoms with E-state index >= 15 is 0 Å². The van der Waals surface area contributed by atoms with E-state index in [9.17, 15) is 22.8 Å². The van der Waals surface area contributed by atoms with Gasteiger partial charge in [0.25, 0.3) is 0 Å². The lowest BCUT2D eigenvalue weighted by Gasteiger charge is -2.40. The Hall–Kier alpha value is -2.99. The Morgan fingerprint density at radius 2 is 2.15 bits per heavy atom. The summed E-state index contributed by atoms with van der Waals surface area (Å²) in [5.41, 5.74) is -0.773. The van der Waals surface area contributed by atoms with Crippen molar-refractivity contribution >= 4 is 23.2 Å². The monoisotopic (exact) mass is 484 g/mol. The lowest BCUT2D eigenvalue weighted by atomic mass is 10.1. The second-order valence-electron chi connectivity index (χ2n) is 7.66. The number of piperazine rings is 1. The average molecular weight is 485 g/mol. The number of hydrogen-bond acceptors (Lipinski definition) is 7. The average Bonchev–Trinajstić information content (AvgIpc) is 3.23. The van der Waals surface area contributed by atoms with Crippen LogP contribution in [-0.4, -0.2) is 69.0 Å². The maximum atomic E-state index is 13.1. The molecule has 0 aliphatic carbocycles. The zero-order valence-electron chi connectivity index (χ0n) is 18.0. The number of hydrogen-bond donors (Lipinski definition) is 1. The number of ether oxygens (including phenoxy) is 1. The molecular formula is C21H23F3N4O4S. The van der Waals surface area contributed by atoms with Crippen LogP contribution in [0, 0.1) is 6.92 Å². The van der Waals surface area contributed by atoms with Crippen molar-refractivity contribution in [1.29, 1.82) is 0 Å². The summed E-state index contributed by atoms with van der Waals surface area (Å²) in [5.74, 6) is -1.14. The summed E-state index contributed by atoms with van der Waals surface area (Å²) in [7, 11) is 0. The van der Waals surface area contributed by atoms with Crippen LogP contribution >= 0.6 is 11.3 Å². The van der Waals surface area contributed by atoms with Crippen molar-refractivity contribution in [3.8, 4) is 5.75 Å². The normalized spacial score (nSPS) is 18.1. The van der Waals surface area contributed by atoms with Crippen molar-refractivity contribution in [2.75, 3.05) is 26.2 Å². The zero-order valence-corrected chi connectivity index (χ0v) is 18.8. The quantitative estimate of drug-likeness (QED) is 0.602. The van der Waals surface area contributed by atoms with Gasteiger partial charge in [-0.25, -0.2) is 14.8 Å². The number of aromatic nitrogens is 2. The third-order valence-electron chi connectivity index (χ3n) is 5.22. The van der Waals surface area contributed by atoms with Gasteiger partial charge in [-0.1, -0.05) is 6.58 Å². The minimum Gasteiger partial charge on any atom is -0.480 e. The number of thiazole rings is 1. The van der Waals surface area contributed by atoms with Crippen LogP contribution in [0.1, 0.15) is 39.8 Å². The van der Waals surface area contributed by atoms with Gasteiger partial charge in [0.1, 0.15) is 10.8 Å². The van der Waals surface area contributed by atoms with Crippen LogP contribution < -0.4 is 4.74 Å². The fraction of sp³-hybridized carbons (Fsp3) is 0.429. The second-order valence-corrected chi connectivity index (χ2v) is 8.55. The molecule has 1 aliphatic heterocycles. The molecule has 33 heavy (non-hydrogen) atoms. The first-order valence-corrected chi connectivity index (χ1v) is 10.9. The van der Waals surface area contributed by atoms with Crippen LogP contribution in [-0.2, 0) is 11.0 Å². The van der Waals surface area contributed by atoms with Crippen molar-refractivity contribution in [2.24, 2.45) is 0 Å². The first-order valence-electron chi connectivity index (χ1n) is 10.0. The van der Waals surface area contributed by atoms with E-state index in [1.165, 1.54) is 18.3 Å². The largest absolute Gasteiger partial charge is 0.480 e. The lowest BCUT2D eigenvalue weighted by Crippen LogP contribution is -2.54. The molecule has 1 aliphatic rings. The summed E-state index contributed by atoms with van der Waals surface area (Å²) in [6, 6.07) is 1.36. The van der Waals surface area contributed by atoms with E-state index in [0.29, 0.717) is 25.2 Å². The summed E-state index contributed by atoms with van der Waals surface area (Å²) in [6.45, 7) is 8.60. The van der Waals surface area contributed by atoms with E-state index < -0.39 is 23.9 Å². The highest BCUT2D eigenvalue weighted by atomic mass is 32.1. The van der Waals surface area contributed by atoms with Crippen molar-refractivity contribution in [1.82, 2.24) is 19.8 Å². The predicted octanol–water partition coefficient (Wildman–Crippen LogP) is 3.40. The molecule has 0 spiro atoms. The molecule has 1 fully saturated rings. The van der Waals surface area contributed by atoms with Crippen LogP contribution in [0.25, 0.3) is 0 Å². The molecule has 12 heteroatoms. The Labute approximate surface area is 192 Å². The van der Waals surface area contributed by atoms with Gasteiger partial charge in [-0.05, 0) is 31.6 Å². The lowest BCUT2D eigenvalue weighted by molar-refractivity contribution is -0.140. The van der Waals surface area contributed by atoms with Crippen LogP contribution in [0.2, 0.25) is 0 Å². The number of carbonyl (C=O) groups excluding carboxylic acids is 1. The molecule has 0 saturated carbocycles. The van der Waals surface area contributed by atoms with E-state index in [1.807, 2.05) is 11.8 Å². The summed E-state index contributed by atoms with van der Waals surface area (Å²) < 4.78 is 45.3. The van der Waals surface area contributed by atoms with Crippen LogP contribution in [0.15, 0.2) is 30.3 Å². The van der Waals surface area contributed by atoms with E-state index in [4.69, 9.17) is 9.84 Å². The number of pyridine rings is 1. The highest BCUT2D eigenvalue weighted by Crippen LogP contribution is 2.34. The third-order valence-corrected chi connectivity index (χ3v) is 6.15. The zero-order chi connectivity index (χ0) is 24.3. The number of carbonyl (C=O) groups is 2. The van der Waals surface area contributed by atoms with Crippen molar-refractivity contribution in [3.05, 3.63) is 52.3 Å². The molecule has 0 aromatic carbocycles. The number of halogens is 3. The minimum absolute atomic E-state index is 0.120. The highest BCUT2D eigenvalue weighted by molar-refractivity contribution is 7.09. The van der Waals surface area contributed by atoms with Gasteiger partial charge in [0.15, 0.2) is 17.5 Å². The van der Waals surface area contributed by atoms with Gasteiger partial charge in [0.05, 0.1) is 6.20 Å². The number of nitrogens with zero attached hydrogens (tertiary/aromatic N) is 4. The number of rotatable bonds is 7. The molecule has 3 heterocycles. The van der Waals surface area contributed by atoms with Gasteiger partial charge < -0.3 is 14.7 Å². The molecule has 2 aromatic rings. The molecule has 2 atom stereocenters. The Morgan fingerprint density at radius 1 is 1.42 bits per heavy atom. The number of carboxylic acid groups (broad SMARTS) is 1. The van der Waals surface area contributed by atoms with E-state index in [-0.39, 0.29) is 34.9 Å². The van der Waals surface area contributed by atoms with Gasteiger partial charge in [0, 0.05) is 37.6 Å². The minimum atomic E-state index is -4.58. The summed E-state index contributed by atoms with van der Waals surface area (Å²) >= 11 is 0.839. The molecule has 0 bridgehead atoms. The Kier molecular flexibility index (Phi) is 7.38. The maximum Gasteiger partial charge on any atom is 0.434 e. The number of alkyl halides is 3. The summed E-state index contributed by atoms with van der Waals surface area (Å²) in [5, 5.41) is 10.2. The topological polar surface area (TPSA) is 95.9 Å². The first-order chi connectivity index (χ1) is 15.5. The second kappa shape index (κ2) is 9.87. The Balaban J connectivity index is 1.83. The molecular weight excluding hydrogens is 461 g/mol. The number of aromatic carboxylic acids is 1. The third kappa shape index (κ3) is 5.88. The molecule has 0 radical (unpaired) electrons.